The summed E-state index contributed by atoms with van der Waals surface area (Å²) in [5.41, 5.74) is 1.56. The molecule has 0 radical (unpaired) electrons. The molecule has 0 atom stereocenters. The van der Waals surface area contributed by atoms with Crippen molar-refractivity contribution in [3.8, 4) is 0 Å². The number of carbonyl (C=O) groups is 2. The molecule has 0 aliphatic carbocycles. The Morgan fingerprint density at radius 3 is 2.39 bits per heavy atom. The molecule has 5 nitrogen and oxygen atoms in total. The molecule has 7 heteroatoms. The van der Waals surface area contributed by atoms with E-state index in [9.17, 15) is 9.59 Å². The third-order valence-electron chi connectivity index (χ3n) is 4.81. The number of benzene rings is 2. The molecule has 1 heterocycles. The number of thiocarbonyl (C=S) groups is 1. The average Bonchev–Trinajstić information content (AvgIpc) is 2.69. The van der Waals surface area contributed by atoms with Crippen molar-refractivity contribution < 1.29 is 9.59 Å². The van der Waals surface area contributed by atoms with Crippen molar-refractivity contribution in [3.05, 3.63) is 64.7 Å². The summed E-state index contributed by atoms with van der Waals surface area (Å²) in [6.07, 6.45) is 2.02. The Labute approximate surface area is 175 Å². The van der Waals surface area contributed by atoms with Crippen molar-refractivity contribution >= 4 is 46.4 Å². The number of nitrogens with zero attached hydrogens (tertiary/aromatic N) is 1. The second-order valence-corrected chi connectivity index (χ2v) is 7.78. The van der Waals surface area contributed by atoms with E-state index >= 15 is 0 Å². The first kappa shape index (κ1) is 20.3. The zero-order chi connectivity index (χ0) is 20.1. The maximum Gasteiger partial charge on any atom is 0.257 e. The lowest BCUT2D eigenvalue weighted by atomic mass is 9.98. The molecular formula is C21H22ClN3O2S. The fourth-order valence-corrected chi connectivity index (χ4v) is 3.42. The predicted molar refractivity (Wildman–Crippen MR) is 116 cm³/mol. The highest BCUT2D eigenvalue weighted by Crippen LogP contribution is 2.22. The van der Waals surface area contributed by atoms with Crippen molar-refractivity contribution in [2.24, 2.45) is 5.92 Å². The lowest BCUT2D eigenvalue weighted by molar-refractivity contribution is 0.0698. The minimum absolute atomic E-state index is 0.0261. The number of nitrogens with one attached hydrogen (secondary N) is 2. The van der Waals surface area contributed by atoms with Crippen molar-refractivity contribution in [1.82, 2.24) is 10.2 Å². The van der Waals surface area contributed by atoms with Gasteiger partial charge in [-0.05, 0) is 67.4 Å². The monoisotopic (exact) mass is 415 g/mol. The first-order chi connectivity index (χ1) is 13.4. The average molecular weight is 416 g/mol. The van der Waals surface area contributed by atoms with E-state index in [-0.39, 0.29) is 16.9 Å². The summed E-state index contributed by atoms with van der Waals surface area (Å²) in [6.45, 7) is 3.72. The van der Waals surface area contributed by atoms with E-state index in [0.29, 0.717) is 27.8 Å². The number of hydrogen-bond donors (Lipinski definition) is 2. The molecular weight excluding hydrogens is 394 g/mol. The van der Waals surface area contributed by atoms with E-state index in [2.05, 4.69) is 17.6 Å². The van der Waals surface area contributed by atoms with Crippen LogP contribution in [0.2, 0.25) is 5.02 Å². The van der Waals surface area contributed by atoms with E-state index < -0.39 is 0 Å². The highest BCUT2D eigenvalue weighted by atomic mass is 35.5. The quantitative estimate of drug-likeness (QED) is 0.732. The first-order valence-electron chi connectivity index (χ1n) is 9.20. The van der Waals surface area contributed by atoms with Crippen LogP contribution in [0.5, 0.6) is 0 Å². The second-order valence-electron chi connectivity index (χ2n) is 6.94. The summed E-state index contributed by atoms with van der Waals surface area (Å²) in [6, 6.07) is 13.7. The van der Waals surface area contributed by atoms with Crippen LogP contribution in [0.3, 0.4) is 0 Å². The minimum Gasteiger partial charge on any atom is -0.339 e. The van der Waals surface area contributed by atoms with Gasteiger partial charge in [0.05, 0.1) is 11.3 Å². The van der Waals surface area contributed by atoms with E-state index in [1.165, 1.54) is 0 Å². The Hall–Kier alpha value is -2.44. The Morgan fingerprint density at radius 1 is 1.07 bits per heavy atom. The highest BCUT2D eigenvalue weighted by molar-refractivity contribution is 7.80. The van der Waals surface area contributed by atoms with E-state index in [4.69, 9.17) is 23.8 Å². The minimum atomic E-state index is -0.344. The smallest absolute Gasteiger partial charge is 0.257 e. The molecule has 2 aromatic carbocycles. The zero-order valence-corrected chi connectivity index (χ0v) is 17.1. The van der Waals surface area contributed by atoms with Gasteiger partial charge in [-0.15, -0.1) is 0 Å². The van der Waals surface area contributed by atoms with Gasteiger partial charge in [0, 0.05) is 23.7 Å². The van der Waals surface area contributed by atoms with Gasteiger partial charge in [0.2, 0.25) is 0 Å². The van der Waals surface area contributed by atoms with Crippen LogP contribution in [-0.2, 0) is 0 Å². The van der Waals surface area contributed by atoms with E-state index in [1.54, 1.807) is 36.4 Å². The van der Waals surface area contributed by atoms with Gasteiger partial charge in [0.25, 0.3) is 11.8 Å². The second kappa shape index (κ2) is 9.17. The van der Waals surface area contributed by atoms with Crippen LogP contribution in [0.1, 0.15) is 40.5 Å². The summed E-state index contributed by atoms with van der Waals surface area (Å²) >= 11 is 11.1. The summed E-state index contributed by atoms with van der Waals surface area (Å²) in [5, 5.41) is 6.29. The molecule has 2 aromatic rings. The lowest BCUT2D eigenvalue weighted by Crippen LogP contribution is -2.39. The van der Waals surface area contributed by atoms with Gasteiger partial charge >= 0.3 is 0 Å². The maximum absolute atomic E-state index is 12.9. The Bertz CT molecular complexity index is 877. The molecule has 28 heavy (non-hydrogen) atoms. The molecule has 1 saturated heterocycles. The number of anilines is 1. The number of carbonyl (C=O) groups excluding carboxylic acids is 2. The van der Waals surface area contributed by atoms with Crippen LogP contribution < -0.4 is 10.6 Å². The number of hydrogen-bond acceptors (Lipinski definition) is 3. The summed E-state index contributed by atoms with van der Waals surface area (Å²) in [5.74, 6) is 0.276. The molecule has 0 spiro atoms. The SMILES string of the molecule is CC1CCN(C(=O)c2ccccc2NC(=S)NC(=O)c2ccc(Cl)cc2)CC1. The molecule has 3 rings (SSSR count). The van der Waals surface area contributed by atoms with Crippen molar-refractivity contribution in [1.29, 1.82) is 0 Å². The molecule has 1 aliphatic rings. The molecule has 0 unspecified atom stereocenters. The van der Waals surface area contributed by atoms with Crippen LogP contribution in [0, 0.1) is 5.92 Å². The Morgan fingerprint density at radius 2 is 1.71 bits per heavy atom. The van der Waals surface area contributed by atoms with Gasteiger partial charge in [0.1, 0.15) is 0 Å². The van der Waals surface area contributed by atoms with Crippen LogP contribution >= 0.6 is 23.8 Å². The zero-order valence-electron chi connectivity index (χ0n) is 15.6. The number of piperidine rings is 1. The van der Waals surface area contributed by atoms with E-state index in [0.717, 1.165) is 25.9 Å². The standard InChI is InChI=1S/C21H22ClN3O2S/c1-14-10-12-25(13-11-14)20(27)17-4-2-3-5-18(17)23-21(28)24-19(26)15-6-8-16(22)9-7-15/h2-9,14H,10-13H2,1H3,(H2,23,24,26,28). The normalized spacial score (nSPS) is 14.4. The lowest BCUT2D eigenvalue weighted by Gasteiger charge is -2.30. The van der Waals surface area contributed by atoms with Crippen LogP contribution in [0.25, 0.3) is 0 Å². The molecule has 0 bridgehead atoms. The summed E-state index contributed by atoms with van der Waals surface area (Å²) < 4.78 is 0. The third kappa shape index (κ3) is 5.09. The molecule has 2 N–H and O–H groups in total. The summed E-state index contributed by atoms with van der Waals surface area (Å²) in [4.78, 5) is 27.1. The number of para-hydroxylation sites is 1. The molecule has 146 valence electrons. The number of likely N-dealkylation sites (tertiary alicyclic amines) is 1. The molecule has 0 aromatic heterocycles. The van der Waals surface area contributed by atoms with Gasteiger partial charge in [-0.1, -0.05) is 30.7 Å². The van der Waals surface area contributed by atoms with E-state index in [1.807, 2.05) is 17.0 Å². The molecule has 1 aliphatic heterocycles. The largest absolute Gasteiger partial charge is 0.339 e. The maximum atomic E-state index is 12.9. The fraction of sp³-hybridized carbons (Fsp3) is 0.286. The van der Waals surface area contributed by atoms with Crippen molar-refractivity contribution in [2.45, 2.75) is 19.8 Å². The fourth-order valence-electron chi connectivity index (χ4n) is 3.09. The predicted octanol–water partition coefficient (Wildman–Crippen LogP) is 4.34. The van der Waals surface area contributed by atoms with Crippen LogP contribution in [0.4, 0.5) is 5.69 Å². The van der Waals surface area contributed by atoms with Crippen LogP contribution in [-0.4, -0.2) is 34.9 Å². The molecule has 0 saturated carbocycles. The van der Waals surface area contributed by atoms with Gasteiger partial charge in [-0.3, -0.25) is 14.9 Å². The summed E-state index contributed by atoms with van der Waals surface area (Å²) in [7, 11) is 0. The van der Waals surface area contributed by atoms with Gasteiger partial charge < -0.3 is 10.2 Å². The number of amides is 2. The number of rotatable bonds is 3. The van der Waals surface area contributed by atoms with Gasteiger partial charge in [-0.25, -0.2) is 0 Å². The Balaban J connectivity index is 1.67. The molecule has 1 fully saturated rings. The first-order valence-corrected chi connectivity index (χ1v) is 9.99. The van der Waals surface area contributed by atoms with Crippen molar-refractivity contribution in [3.63, 3.8) is 0 Å². The molecule has 2 amide bonds. The Kier molecular flexibility index (Phi) is 6.65. The van der Waals surface area contributed by atoms with Crippen molar-refractivity contribution in [2.75, 3.05) is 18.4 Å². The van der Waals surface area contributed by atoms with Crippen LogP contribution in [0.15, 0.2) is 48.5 Å². The van der Waals surface area contributed by atoms with Gasteiger partial charge in [-0.2, -0.15) is 0 Å². The topological polar surface area (TPSA) is 61.4 Å². The highest BCUT2D eigenvalue weighted by Gasteiger charge is 2.23. The van der Waals surface area contributed by atoms with Gasteiger partial charge in [0.15, 0.2) is 5.11 Å². The number of halogens is 1. The third-order valence-corrected chi connectivity index (χ3v) is 5.27.